The van der Waals surface area contributed by atoms with Gasteiger partial charge in [0.25, 0.3) is 0 Å². The summed E-state index contributed by atoms with van der Waals surface area (Å²) >= 11 is 0. The number of ketones is 1. The monoisotopic (exact) mass is 281 g/mol. The van der Waals surface area contributed by atoms with Crippen molar-refractivity contribution in [3.63, 3.8) is 0 Å². The van der Waals surface area contributed by atoms with Crippen LogP contribution in [0.1, 0.15) is 42.1 Å². The van der Waals surface area contributed by atoms with Crippen molar-refractivity contribution < 1.29 is 4.79 Å². The Morgan fingerprint density at radius 2 is 1.48 bits per heavy atom. The maximum atomic E-state index is 11.5. The highest BCUT2D eigenvalue weighted by Crippen LogP contribution is 2.21. The van der Waals surface area contributed by atoms with Crippen LogP contribution < -0.4 is 5.73 Å². The molecule has 2 aromatic carbocycles. The molecule has 0 aromatic heterocycles. The number of Topliss-reactive ketones (excluding diaryl/α,β-unsaturated/α-hetero) is 1. The molecule has 0 saturated heterocycles. The zero-order chi connectivity index (χ0) is 15.1. The van der Waals surface area contributed by atoms with Crippen LogP contribution in [-0.2, 0) is 6.42 Å². The molecule has 110 valence electrons. The Morgan fingerprint density at radius 3 is 2.00 bits per heavy atom. The molecule has 0 heterocycles. The molecular weight excluding hydrogens is 258 g/mol. The van der Waals surface area contributed by atoms with Crippen LogP contribution in [0.4, 0.5) is 0 Å². The molecule has 21 heavy (non-hydrogen) atoms. The number of rotatable bonds is 7. The topological polar surface area (TPSA) is 43.1 Å². The van der Waals surface area contributed by atoms with Gasteiger partial charge < -0.3 is 5.73 Å². The summed E-state index contributed by atoms with van der Waals surface area (Å²) in [5.41, 5.74) is 9.75. The van der Waals surface area contributed by atoms with Crippen molar-refractivity contribution >= 4 is 5.78 Å². The van der Waals surface area contributed by atoms with E-state index < -0.39 is 0 Å². The molecule has 0 aliphatic heterocycles. The van der Waals surface area contributed by atoms with E-state index in [0.717, 1.165) is 12.0 Å². The van der Waals surface area contributed by atoms with Crippen molar-refractivity contribution in [3.05, 3.63) is 59.7 Å². The number of carbonyl (C=O) groups is 1. The van der Waals surface area contributed by atoms with Gasteiger partial charge in [0, 0.05) is 5.56 Å². The van der Waals surface area contributed by atoms with Gasteiger partial charge in [0.1, 0.15) is 0 Å². The third-order valence-corrected chi connectivity index (χ3v) is 3.75. The van der Waals surface area contributed by atoms with Gasteiger partial charge in [-0.1, -0.05) is 68.3 Å². The molecule has 2 heteroatoms. The number of unbranched alkanes of at least 4 members (excludes halogenated alkanes) is 2. The third-order valence-electron chi connectivity index (χ3n) is 3.75. The lowest BCUT2D eigenvalue weighted by Gasteiger charge is -2.05. The summed E-state index contributed by atoms with van der Waals surface area (Å²) in [6, 6.07) is 16.4. The van der Waals surface area contributed by atoms with E-state index in [1.165, 1.54) is 30.4 Å². The zero-order valence-electron chi connectivity index (χ0n) is 12.6. The first kappa shape index (κ1) is 15.5. The van der Waals surface area contributed by atoms with Crippen molar-refractivity contribution in [3.8, 4) is 11.1 Å². The highest BCUT2D eigenvalue weighted by atomic mass is 16.1. The summed E-state index contributed by atoms with van der Waals surface area (Å²) < 4.78 is 0. The minimum Gasteiger partial charge on any atom is -0.324 e. The second-order valence-electron chi connectivity index (χ2n) is 5.36. The lowest BCUT2D eigenvalue weighted by Crippen LogP contribution is -2.13. The van der Waals surface area contributed by atoms with Crippen LogP contribution in [0.15, 0.2) is 48.5 Å². The van der Waals surface area contributed by atoms with E-state index in [1.807, 2.05) is 24.3 Å². The van der Waals surface area contributed by atoms with E-state index >= 15 is 0 Å². The van der Waals surface area contributed by atoms with Crippen molar-refractivity contribution in [2.45, 2.75) is 32.6 Å². The molecule has 2 aromatic rings. The number of aryl methyl sites for hydroxylation is 1. The Bertz CT molecular complexity index is 570. The summed E-state index contributed by atoms with van der Waals surface area (Å²) in [6.07, 6.45) is 4.95. The van der Waals surface area contributed by atoms with Crippen LogP contribution in [-0.4, -0.2) is 12.3 Å². The maximum Gasteiger partial charge on any atom is 0.176 e. The highest BCUT2D eigenvalue weighted by molar-refractivity contribution is 5.97. The summed E-state index contributed by atoms with van der Waals surface area (Å²) in [4.78, 5) is 11.5. The molecule has 0 saturated carbocycles. The molecule has 0 aliphatic rings. The van der Waals surface area contributed by atoms with Gasteiger partial charge in [-0.15, -0.1) is 0 Å². The minimum atomic E-state index is -0.0205. The number of carbonyl (C=O) groups excluding carboxylic acids is 1. The van der Waals surface area contributed by atoms with E-state index in [1.54, 1.807) is 0 Å². The first-order valence-electron chi connectivity index (χ1n) is 7.67. The Labute approximate surface area is 127 Å². The van der Waals surface area contributed by atoms with Crippen LogP contribution in [0.2, 0.25) is 0 Å². The summed E-state index contributed by atoms with van der Waals surface area (Å²) in [5, 5.41) is 0. The van der Waals surface area contributed by atoms with Crippen LogP contribution >= 0.6 is 0 Å². The highest BCUT2D eigenvalue weighted by Gasteiger charge is 2.04. The zero-order valence-corrected chi connectivity index (χ0v) is 12.6. The molecule has 0 fully saturated rings. The van der Waals surface area contributed by atoms with Crippen LogP contribution in [0.3, 0.4) is 0 Å². The Morgan fingerprint density at radius 1 is 0.905 bits per heavy atom. The van der Waals surface area contributed by atoms with Gasteiger partial charge in [-0.25, -0.2) is 0 Å². The van der Waals surface area contributed by atoms with Gasteiger partial charge in [-0.3, -0.25) is 4.79 Å². The molecule has 2 N–H and O–H groups in total. The molecule has 0 atom stereocenters. The lowest BCUT2D eigenvalue weighted by atomic mass is 10.00. The standard InChI is InChI=1S/C19H23NO/c1-2-3-4-5-15-6-8-16(9-7-15)17-10-12-18(13-11-17)19(21)14-20/h6-13H,2-5,14,20H2,1H3. The summed E-state index contributed by atoms with van der Waals surface area (Å²) in [7, 11) is 0. The van der Waals surface area contributed by atoms with Crippen molar-refractivity contribution in [1.82, 2.24) is 0 Å². The largest absolute Gasteiger partial charge is 0.324 e. The lowest BCUT2D eigenvalue weighted by molar-refractivity contribution is 0.100. The number of hydrogen-bond acceptors (Lipinski definition) is 2. The molecule has 0 radical (unpaired) electrons. The van der Waals surface area contributed by atoms with Crippen molar-refractivity contribution in [1.29, 1.82) is 0 Å². The Balaban J connectivity index is 2.06. The van der Waals surface area contributed by atoms with Crippen LogP contribution in [0, 0.1) is 0 Å². The van der Waals surface area contributed by atoms with Crippen LogP contribution in [0.5, 0.6) is 0 Å². The quantitative estimate of drug-likeness (QED) is 0.609. The first-order valence-corrected chi connectivity index (χ1v) is 7.67. The van der Waals surface area contributed by atoms with E-state index in [4.69, 9.17) is 5.73 Å². The molecule has 0 aliphatic carbocycles. The fourth-order valence-corrected chi connectivity index (χ4v) is 2.41. The maximum absolute atomic E-state index is 11.5. The molecule has 0 spiro atoms. The summed E-state index contributed by atoms with van der Waals surface area (Å²) in [6.45, 7) is 2.29. The minimum absolute atomic E-state index is 0.0205. The Kier molecular flexibility index (Phi) is 5.70. The van der Waals surface area contributed by atoms with E-state index in [-0.39, 0.29) is 12.3 Å². The van der Waals surface area contributed by atoms with Crippen molar-refractivity contribution in [2.24, 2.45) is 5.73 Å². The average molecular weight is 281 g/mol. The van der Waals surface area contributed by atoms with Gasteiger partial charge in [-0.2, -0.15) is 0 Å². The van der Waals surface area contributed by atoms with Gasteiger partial charge in [0.05, 0.1) is 6.54 Å². The Hall–Kier alpha value is -1.93. The number of nitrogens with two attached hydrogens (primary N) is 1. The number of hydrogen-bond donors (Lipinski definition) is 1. The average Bonchev–Trinajstić information content (AvgIpc) is 2.55. The van der Waals surface area contributed by atoms with E-state index in [2.05, 4.69) is 31.2 Å². The third kappa shape index (κ3) is 4.27. The van der Waals surface area contributed by atoms with Gasteiger partial charge in [-0.05, 0) is 29.5 Å². The molecule has 2 nitrogen and oxygen atoms in total. The van der Waals surface area contributed by atoms with Crippen molar-refractivity contribution in [2.75, 3.05) is 6.54 Å². The second kappa shape index (κ2) is 7.75. The van der Waals surface area contributed by atoms with Crippen LogP contribution in [0.25, 0.3) is 11.1 Å². The molecule has 2 rings (SSSR count). The fourth-order valence-electron chi connectivity index (χ4n) is 2.41. The summed E-state index contributed by atoms with van der Waals surface area (Å²) in [5.74, 6) is -0.0205. The normalized spacial score (nSPS) is 10.6. The first-order chi connectivity index (χ1) is 10.2. The molecule has 0 unspecified atom stereocenters. The van der Waals surface area contributed by atoms with Gasteiger partial charge in [0.15, 0.2) is 5.78 Å². The van der Waals surface area contributed by atoms with Gasteiger partial charge in [0.2, 0.25) is 0 Å². The van der Waals surface area contributed by atoms with E-state index in [0.29, 0.717) is 5.56 Å². The number of benzene rings is 2. The molecule has 0 amide bonds. The fraction of sp³-hybridized carbons (Fsp3) is 0.316. The SMILES string of the molecule is CCCCCc1ccc(-c2ccc(C(=O)CN)cc2)cc1. The smallest absolute Gasteiger partial charge is 0.176 e. The van der Waals surface area contributed by atoms with Gasteiger partial charge >= 0.3 is 0 Å². The second-order valence-corrected chi connectivity index (χ2v) is 5.36. The molecule has 0 bridgehead atoms. The predicted octanol–water partition coefficient (Wildman–Crippen LogP) is 4.23. The van der Waals surface area contributed by atoms with E-state index in [9.17, 15) is 4.79 Å². The predicted molar refractivity (Wildman–Crippen MR) is 88.5 cm³/mol. The molecular formula is C19H23NO.